The third kappa shape index (κ3) is 3.58. The molecule has 0 aliphatic heterocycles. The van der Waals surface area contributed by atoms with E-state index in [1.54, 1.807) is 0 Å². The number of fused-ring (bicyclic) bond motifs is 1. The maximum Gasteiger partial charge on any atom is 0.147 e. The second-order valence-corrected chi connectivity index (χ2v) is 8.69. The zero-order valence-electron chi connectivity index (χ0n) is 16.5. The Morgan fingerprint density at radius 2 is 1.38 bits per heavy atom. The van der Waals surface area contributed by atoms with E-state index >= 15 is 0 Å². The predicted octanol–water partition coefficient (Wildman–Crippen LogP) is 4.53. The number of para-hydroxylation sites is 1. The Balaban J connectivity index is 2.01. The predicted molar refractivity (Wildman–Crippen MR) is 106 cm³/mol. The van der Waals surface area contributed by atoms with E-state index in [0.717, 1.165) is 16.6 Å². The first-order valence-corrected chi connectivity index (χ1v) is 8.98. The molecular formula is C21H28N4O. The minimum atomic E-state index is -0.0284. The highest BCUT2D eigenvalue weighted by molar-refractivity contribution is 5.73. The summed E-state index contributed by atoms with van der Waals surface area (Å²) in [5.41, 5.74) is 3.03. The van der Waals surface area contributed by atoms with Gasteiger partial charge < -0.3 is 5.11 Å². The summed E-state index contributed by atoms with van der Waals surface area (Å²) in [6.07, 6.45) is 0. The van der Waals surface area contributed by atoms with Gasteiger partial charge in [0.15, 0.2) is 0 Å². The largest absolute Gasteiger partial charge is 0.505 e. The molecule has 0 radical (unpaired) electrons. The van der Waals surface area contributed by atoms with Crippen LogP contribution in [0.2, 0.25) is 0 Å². The van der Waals surface area contributed by atoms with Crippen molar-refractivity contribution in [1.29, 1.82) is 0 Å². The van der Waals surface area contributed by atoms with Crippen molar-refractivity contribution in [3.63, 3.8) is 0 Å². The van der Waals surface area contributed by atoms with Crippen molar-refractivity contribution in [3.05, 3.63) is 48.0 Å². The Morgan fingerprint density at radius 3 is 1.88 bits per heavy atom. The molecule has 5 nitrogen and oxygen atoms in total. The van der Waals surface area contributed by atoms with Crippen LogP contribution < -0.4 is 0 Å². The van der Waals surface area contributed by atoms with E-state index in [1.807, 2.05) is 42.5 Å². The van der Waals surface area contributed by atoms with Gasteiger partial charge in [0, 0.05) is 23.2 Å². The minimum absolute atomic E-state index is 0.0284. The summed E-state index contributed by atoms with van der Waals surface area (Å²) in [7, 11) is 0. The maximum absolute atomic E-state index is 10.9. The van der Waals surface area contributed by atoms with E-state index in [4.69, 9.17) is 0 Å². The van der Waals surface area contributed by atoms with Gasteiger partial charge in [-0.1, -0.05) is 24.3 Å². The lowest BCUT2D eigenvalue weighted by Crippen LogP contribution is -2.51. The van der Waals surface area contributed by atoms with Crippen molar-refractivity contribution in [2.75, 3.05) is 0 Å². The Morgan fingerprint density at radius 1 is 0.846 bits per heavy atom. The molecule has 0 saturated carbocycles. The van der Waals surface area contributed by atoms with Gasteiger partial charge >= 0.3 is 0 Å². The molecule has 0 aliphatic rings. The zero-order chi connectivity index (χ0) is 19.1. The maximum atomic E-state index is 10.9. The molecule has 0 spiro atoms. The Hall–Kier alpha value is -2.40. The zero-order valence-corrected chi connectivity index (χ0v) is 16.5. The van der Waals surface area contributed by atoms with Gasteiger partial charge in [-0.2, -0.15) is 0 Å². The smallest absolute Gasteiger partial charge is 0.147 e. The minimum Gasteiger partial charge on any atom is -0.505 e. The van der Waals surface area contributed by atoms with E-state index in [1.165, 1.54) is 4.80 Å². The monoisotopic (exact) mass is 352 g/mol. The number of hydrogen-bond acceptors (Lipinski definition) is 4. The number of phenols is 1. The molecule has 0 fully saturated rings. The van der Waals surface area contributed by atoms with Crippen LogP contribution in [0.25, 0.3) is 16.7 Å². The summed E-state index contributed by atoms with van der Waals surface area (Å²) < 4.78 is 0. The van der Waals surface area contributed by atoms with E-state index in [-0.39, 0.29) is 16.8 Å². The molecule has 0 atom stereocenters. The summed E-state index contributed by atoms with van der Waals surface area (Å²) in [4.78, 5) is 3.90. The fourth-order valence-electron chi connectivity index (χ4n) is 3.49. The second kappa shape index (κ2) is 6.40. The molecule has 0 bridgehead atoms. The SMILES string of the molecule is CC(C)(C)N(Cc1cccc(-n2nc3ccccc3n2)c1O)C(C)(C)C. The lowest BCUT2D eigenvalue weighted by atomic mass is 9.94. The van der Waals surface area contributed by atoms with Gasteiger partial charge in [-0.15, -0.1) is 15.0 Å². The molecule has 1 heterocycles. The molecular weight excluding hydrogens is 324 g/mol. The first-order chi connectivity index (χ1) is 12.1. The van der Waals surface area contributed by atoms with Gasteiger partial charge in [-0.3, -0.25) is 4.90 Å². The average Bonchev–Trinajstić information content (AvgIpc) is 2.95. The first-order valence-electron chi connectivity index (χ1n) is 8.98. The van der Waals surface area contributed by atoms with Crippen molar-refractivity contribution >= 4 is 11.0 Å². The van der Waals surface area contributed by atoms with Crippen molar-refractivity contribution in [2.45, 2.75) is 59.2 Å². The Labute approximate surface area is 155 Å². The molecule has 3 aromatic rings. The van der Waals surface area contributed by atoms with Crippen LogP contribution >= 0.6 is 0 Å². The van der Waals surface area contributed by atoms with Gasteiger partial charge in [0.05, 0.1) is 0 Å². The fourth-order valence-corrected chi connectivity index (χ4v) is 3.49. The third-order valence-electron chi connectivity index (χ3n) is 4.55. The van der Waals surface area contributed by atoms with E-state index in [9.17, 15) is 5.11 Å². The molecule has 138 valence electrons. The molecule has 5 heteroatoms. The summed E-state index contributed by atoms with van der Waals surface area (Å²) in [5, 5.41) is 19.9. The third-order valence-corrected chi connectivity index (χ3v) is 4.55. The standard InChI is InChI=1S/C21H28N4O/c1-20(2,3)24(21(4,5)6)14-15-10-9-13-18(19(15)26)25-22-16-11-7-8-12-17(16)23-25/h7-13,26H,14H2,1-6H3. The Bertz CT molecular complexity index is 869. The highest BCUT2D eigenvalue weighted by Gasteiger charge is 2.32. The number of phenolic OH excluding ortho intramolecular Hbond substituents is 1. The highest BCUT2D eigenvalue weighted by Crippen LogP contribution is 2.32. The molecule has 0 unspecified atom stereocenters. The van der Waals surface area contributed by atoms with Crippen LogP contribution in [-0.4, -0.2) is 36.1 Å². The van der Waals surface area contributed by atoms with Crippen LogP contribution in [0.1, 0.15) is 47.1 Å². The summed E-state index contributed by atoms with van der Waals surface area (Å²) in [6.45, 7) is 13.8. The van der Waals surface area contributed by atoms with Crippen LogP contribution in [0.15, 0.2) is 42.5 Å². The number of rotatable bonds is 3. The van der Waals surface area contributed by atoms with Crippen LogP contribution in [0, 0.1) is 0 Å². The highest BCUT2D eigenvalue weighted by atomic mass is 16.3. The number of aromatic nitrogens is 3. The molecule has 3 rings (SSSR count). The first kappa shape index (κ1) is 18.4. The molecule has 0 saturated heterocycles. The van der Waals surface area contributed by atoms with Crippen LogP contribution in [0.4, 0.5) is 0 Å². The van der Waals surface area contributed by atoms with Gasteiger partial charge in [0.25, 0.3) is 0 Å². The molecule has 2 aromatic carbocycles. The van der Waals surface area contributed by atoms with Gasteiger partial charge in [-0.05, 0) is 59.7 Å². The van der Waals surface area contributed by atoms with E-state index in [2.05, 4.69) is 56.6 Å². The number of hydrogen-bond donors (Lipinski definition) is 1. The van der Waals surface area contributed by atoms with E-state index in [0.29, 0.717) is 12.2 Å². The summed E-state index contributed by atoms with van der Waals surface area (Å²) in [5.74, 6) is 0.228. The lowest BCUT2D eigenvalue weighted by Gasteiger charge is -2.45. The lowest BCUT2D eigenvalue weighted by molar-refractivity contribution is 0.0292. The quantitative estimate of drug-likeness (QED) is 0.753. The normalized spacial score (nSPS) is 12.9. The van der Waals surface area contributed by atoms with Crippen molar-refractivity contribution < 1.29 is 5.11 Å². The van der Waals surface area contributed by atoms with Crippen molar-refractivity contribution in [2.24, 2.45) is 0 Å². The van der Waals surface area contributed by atoms with Gasteiger partial charge in [0.1, 0.15) is 22.5 Å². The van der Waals surface area contributed by atoms with Gasteiger partial charge in [0.2, 0.25) is 0 Å². The molecule has 0 amide bonds. The summed E-state index contributed by atoms with van der Waals surface area (Å²) in [6, 6.07) is 13.5. The molecule has 1 aromatic heterocycles. The topological polar surface area (TPSA) is 54.2 Å². The molecule has 26 heavy (non-hydrogen) atoms. The fraction of sp³-hybridized carbons (Fsp3) is 0.429. The molecule has 1 N–H and O–H groups in total. The van der Waals surface area contributed by atoms with Crippen molar-refractivity contribution in [1.82, 2.24) is 19.9 Å². The average molecular weight is 352 g/mol. The van der Waals surface area contributed by atoms with Crippen molar-refractivity contribution in [3.8, 4) is 11.4 Å². The number of aromatic hydroxyl groups is 1. The van der Waals surface area contributed by atoms with Crippen LogP contribution in [-0.2, 0) is 6.54 Å². The number of nitrogens with zero attached hydrogens (tertiary/aromatic N) is 4. The van der Waals surface area contributed by atoms with Gasteiger partial charge in [-0.25, -0.2) is 0 Å². The number of benzene rings is 2. The van der Waals surface area contributed by atoms with E-state index < -0.39 is 0 Å². The van der Waals surface area contributed by atoms with Crippen LogP contribution in [0.5, 0.6) is 5.75 Å². The molecule has 0 aliphatic carbocycles. The van der Waals surface area contributed by atoms with Crippen LogP contribution in [0.3, 0.4) is 0 Å². The Kier molecular flexibility index (Phi) is 4.53. The summed E-state index contributed by atoms with van der Waals surface area (Å²) >= 11 is 0. The second-order valence-electron chi connectivity index (χ2n) is 8.69.